The van der Waals surface area contributed by atoms with Crippen molar-refractivity contribution in [2.24, 2.45) is 0 Å². The molecule has 2 aliphatic heterocycles. The van der Waals surface area contributed by atoms with E-state index < -0.39 is 6.43 Å². The van der Waals surface area contributed by atoms with Crippen molar-refractivity contribution in [2.45, 2.75) is 12.8 Å². The highest BCUT2D eigenvalue weighted by atomic mass is 19.3. The molecule has 6 nitrogen and oxygen atoms in total. The highest BCUT2D eigenvalue weighted by Gasteiger charge is 2.27. The maximum Gasteiger partial charge on any atom is 0.280 e. The van der Waals surface area contributed by atoms with Crippen molar-refractivity contribution in [3.05, 3.63) is 47.9 Å². The molecule has 0 radical (unpaired) electrons. The molecule has 8 heteroatoms. The van der Waals surface area contributed by atoms with Gasteiger partial charge in [-0.05, 0) is 18.1 Å². The summed E-state index contributed by atoms with van der Waals surface area (Å²) in [5.74, 6) is 0.621. The van der Waals surface area contributed by atoms with E-state index in [1.807, 2.05) is 28.0 Å². The van der Waals surface area contributed by atoms with Gasteiger partial charge in [-0.2, -0.15) is 0 Å². The molecule has 2 aliphatic rings. The molecule has 27 heavy (non-hydrogen) atoms. The van der Waals surface area contributed by atoms with Crippen LogP contribution in [-0.2, 0) is 11.2 Å². The number of alkyl halides is 2. The largest absolute Gasteiger partial charge is 0.354 e. The van der Waals surface area contributed by atoms with Crippen LogP contribution in [0, 0.1) is 0 Å². The van der Waals surface area contributed by atoms with E-state index in [2.05, 4.69) is 20.9 Å². The van der Waals surface area contributed by atoms with Gasteiger partial charge >= 0.3 is 0 Å². The number of para-hydroxylation sites is 1. The Morgan fingerprint density at radius 2 is 1.85 bits per heavy atom. The van der Waals surface area contributed by atoms with Gasteiger partial charge in [-0.15, -0.1) is 0 Å². The lowest BCUT2D eigenvalue weighted by molar-refractivity contribution is -0.119. The molecule has 1 fully saturated rings. The van der Waals surface area contributed by atoms with Crippen molar-refractivity contribution in [3.63, 3.8) is 0 Å². The van der Waals surface area contributed by atoms with Gasteiger partial charge in [0.25, 0.3) is 6.43 Å². The van der Waals surface area contributed by atoms with Crippen LogP contribution in [0.3, 0.4) is 0 Å². The Labute approximate surface area is 156 Å². The van der Waals surface area contributed by atoms with Crippen molar-refractivity contribution in [1.29, 1.82) is 0 Å². The number of nitrogens with zero attached hydrogens (tertiary/aromatic N) is 5. The third-order valence-corrected chi connectivity index (χ3v) is 5.14. The van der Waals surface area contributed by atoms with Crippen LogP contribution in [0.2, 0.25) is 0 Å². The van der Waals surface area contributed by atoms with Gasteiger partial charge in [-0.1, -0.05) is 18.2 Å². The maximum absolute atomic E-state index is 12.8. The molecule has 1 saturated heterocycles. The average molecular weight is 373 g/mol. The molecular weight excluding hydrogens is 352 g/mol. The van der Waals surface area contributed by atoms with Crippen molar-refractivity contribution in [2.75, 3.05) is 49.1 Å². The van der Waals surface area contributed by atoms with Gasteiger partial charge in [-0.3, -0.25) is 9.69 Å². The van der Waals surface area contributed by atoms with E-state index in [9.17, 15) is 13.6 Å². The number of benzene rings is 1. The van der Waals surface area contributed by atoms with Crippen LogP contribution in [0.5, 0.6) is 0 Å². The molecule has 0 aliphatic carbocycles. The van der Waals surface area contributed by atoms with Crippen LogP contribution in [0.25, 0.3) is 0 Å². The Hall–Kier alpha value is -2.61. The second-order valence-corrected chi connectivity index (χ2v) is 6.79. The normalized spacial score (nSPS) is 17.4. The predicted molar refractivity (Wildman–Crippen MR) is 98.1 cm³/mol. The number of carbonyl (C=O) groups excluding carboxylic acids is 1. The minimum atomic E-state index is -2.60. The summed E-state index contributed by atoms with van der Waals surface area (Å²) in [6.45, 7) is 3.77. The van der Waals surface area contributed by atoms with Crippen LogP contribution in [0.1, 0.15) is 17.7 Å². The number of rotatable bonds is 4. The Balaban J connectivity index is 1.34. The van der Waals surface area contributed by atoms with E-state index >= 15 is 0 Å². The van der Waals surface area contributed by atoms with Crippen LogP contribution < -0.4 is 9.80 Å². The van der Waals surface area contributed by atoms with Gasteiger partial charge in [0.05, 0.1) is 6.54 Å². The molecule has 0 spiro atoms. The van der Waals surface area contributed by atoms with Crippen molar-refractivity contribution < 1.29 is 13.6 Å². The molecule has 4 rings (SSSR count). The zero-order valence-electron chi connectivity index (χ0n) is 14.9. The minimum Gasteiger partial charge on any atom is -0.354 e. The molecule has 3 heterocycles. The van der Waals surface area contributed by atoms with Crippen LogP contribution in [0.15, 0.2) is 36.7 Å². The summed E-state index contributed by atoms with van der Waals surface area (Å²) in [4.78, 5) is 26.3. The highest BCUT2D eigenvalue weighted by molar-refractivity contribution is 5.96. The molecule has 0 unspecified atom stereocenters. The molecule has 0 bridgehead atoms. The summed E-state index contributed by atoms with van der Waals surface area (Å²) in [5.41, 5.74) is 1.97. The standard InChI is InChI=1S/C19H21F2N5O/c20-19(21)15-11-17(23-13-22-15)25-9-7-24(8-10-25)12-18(27)26-6-5-14-3-1-2-4-16(14)26/h1-4,11,13,19H,5-10,12H2. The molecule has 0 atom stereocenters. The number of carbonyl (C=O) groups is 1. The van der Waals surface area contributed by atoms with Gasteiger partial charge in [0.1, 0.15) is 17.8 Å². The van der Waals surface area contributed by atoms with Crippen LogP contribution >= 0.6 is 0 Å². The molecule has 1 amide bonds. The molecule has 142 valence electrons. The van der Waals surface area contributed by atoms with Gasteiger partial charge in [0, 0.05) is 44.5 Å². The number of amides is 1. The topological polar surface area (TPSA) is 52.6 Å². The van der Waals surface area contributed by atoms with Crippen LogP contribution in [-0.4, -0.2) is 60.0 Å². The minimum absolute atomic E-state index is 0.107. The Bertz CT molecular complexity index is 823. The molecule has 0 saturated carbocycles. The van der Waals surface area contributed by atoms with E-state index in [-0.39, 0.29) is 11.6 Å². The number of hydrogen-bond acceptors (Lipinski definition) is 5. The lowest BCUT2D eigenvalue weighted by Crippen LogP contribution is -2.50. The average Bonchev–Trinajstić information content (AvgIpc) is 3.13. The fraction of sp³-hybridized carbons (Fsp3) is 0.421. The Morgan fingerprint density at radius 1 is 1.07 bits per heavy atom. The Morgan fingerprint density at radius 3 is 2.63 bits per heavy atom. The molecule has 2 aromatic rings. The number of fused-ring (bicyclic) bond motifs is 1. The highest BCUT2D eigenvalue weighted by Crippen LogP contribution is 2.27. The molecule has 1 aromatic carbocycles. The number of halogens is 2. The summed E-state index contributed by atoms with van der Waals surface area (Å²) in [6, 6.07) is 9.36. The van der Waals surface area contributed by atoms with E-state index in [1.165, 1.54) is 18.0 Å². The van der Waals surface area contributed by atoms with E-state index in [0.29, 0.717) is 38.5 Å². The van der Waals surface area contributed by atoms with E-state index in [0.717, 1.165) is 18.7 Å². The SMILES string of the molecule is O=C(CN1CCN(c2cc(C(F)F)ncn2)CC1)N1CCc2ccccc21. The second-order valence-electron chi connectivity index (χ2n) is 6.79. The fourth-order valence-electron chi connectivity index (χ4n) is 3.66. The van der Waals surface area contributed by atoms with Crippen molar-refractivity contribution in [3.8, 4) is 0 Å². The third kappa shape index (κ3) is 3.75. The first kappa shape index (κ1) is 17.8. The zero-order valence-corrected chi connectivity index (χ0v) is 14.9. The van der Waals surface area contributed by atoms with Gasteiger partial charge in [-0.25, -0.2) is 18.7 Å². The summed E-state index contributed by atoms with van der Waals surface area (Å²) >= 11 is 0. The fourth-order valence-corrected chi connectivity index (χ4v) is 3.66. The van der Waals surface area contributed by atoms with Crippen molar-refractivity contribution >= 4 is 17.4 Å². The second kappa shape index (κ2) is 7.56. The lowest BCUT2D eigenvalue weighted by atomic mass is 10.2. The summed E-state index contributed by atoms with van der Waals surface area (Å²) in [5, 5.41) is 0. The van der Waals surface area contributed by atoms with E-state index in [1.54, 1.807) is 0 Å². The maximum atomic E-state index is 12.8. The third-order valence-electron chi connectivity index (χ3n) is 5.14. The first-order valence-corrected chi connectivity index (χ1v) is 9.07. The number of aromatic nitrogens is 2. The summed E-state index contributed by atoms with van der Waals surface area (Å²) in [7, 11) is 0. The molecule has 1 aromatic heterocycles. The molecular formula is C19H21F2N5O. The monoisotopic (exact) mass is 373 g/mol. The van der Waals surface area contributed by atoms with Crippen molar-refractivity contribution in [1.82, 2.24) is 14.9 Å². The smallest absolute Gasteiger partial charge is 0.280 e. The number of hydrogen-bond donors (Lipinski definition) is 0. The van der Waals surface area contributed by atoms with Gasteiger partial charge < -0.3 is 9.80 Å². The summed E-state index contributed by atoms with van der Waals surface area (Å²) in [6.07, 6.45) is -0.526. The Kier molecular flexibility index (Phi) is 4.98. The predicted octanol–water partition coefficient (Wildman–Crippen LogP) is 2.13. The number of anilines is 2. The molecule has 0 N–H and O–H groups in total. The first-order valence-electron chi connectivity index (χ1n) is 9.07. The van der Waals surface area contributed by atoms with Gasteiger partial charge in [0.2, 0.25) is 5.91 Å². The zero-order chi connectivity index (χ0) is 18.8. The first-order chi connectivity index (χ1) is 13.1. The van der Waals surface area contributed by atoms with Crippen LogP contribution in [0.4, 0.5) is 20.3 Å². The summed E-state index contributed by atoms with van der Waals surface area (Å²) < 4.78 is 25.6. The quantitative estimate of drug-likeness (QED) is 0.822. The lowest BCUT2D eigenvalue weighted by Gasteiger charge is -2.35. The van der Waals surface area contributed by atoms with Gasteiger partial charge in [0.15, 0.2) is 0 Å². The van der Waals surface area contributed by atoms with E-state index in [4.69, 9.17) is 0 Å². The number of piperazine rings is 1.